The van der Waals surface area contributed by atoms with Crippen LogP contribution in [-0.4, -0.2) is 75.0 Å². The van der Waals surface area contributed by atoms with E-state index in [1.54, 1.807) is 23.9 Å². The van der Waals surface area contributed by atoms with Gasteiger partial charge >= 0.3 is 6.09 Å². The quantitative estimate of drug-likeness (QED) is 0.281. The lowest BCUT2D eigenvalue weighted by atomic mass is 10.2. The SMILES string of the molecule is Cc1nc(S(=O)(=O)N(COCC[Si](C)(C)C)c2cscn2)ccc1NC1CCN(C(=O)O)C1. The number of anilines is 2. The maximum Gasteiger partial charge on any atom is 0.407 e. The first-order chi connectivity index (χ1) is 15.5. The second kappa shape index (κ2) is 10.4. The first kappa shape index (κ1) is 25.4. The molecule has 10 nitrogen and oxygen atoms in total. The van der Waals surface area contributed by atoms with E-state index in [-0.39, 0.29) is 17.8 Å². The van der Waals surface area contributed by atoms with Crippen LogP contribution in [0.25, 0.3) is 0 Å². The van der Waals surface area contributed by atoms with Gasteiger partial charge in [0.25, 0.3) is 10.0 Å². The molecule has 0 saturated carbocycles. The molecule has 1 saturated heterocycles. The van der Waals surface area contributed by atoms with Crippen molar-refractivity contribution in [2.24, 2.45) is 0 Å². The third-order valence-corrected chi connectivity index (χ3v) is 9.22. The Bertz CT molecular complexity index is 1060. The van der Waals surface area contributed by atoms with Crippen LogP contribution in [0.3, 0.4) is 0 Å². The third-order valence-electron chi connectivity index (χ3n) is 5.31. The molecule has 1 aliphatic rings. The monoisotopic (exact) mass is 513 g/mol. The molecular weight excluding hydrogens is 482 g/mol. The molecule has 33 heavy (non-hydrogen) atoms. The summed E-state index contributed by atoms with van der Waals surface area (Å²) < 4.78 is 33.7. The van der Waals surface area contributed by atoms with Crippen molar-refractivity contribution >= 4 is 47.0 Å². The zero-order valence-electron chi connectivity index (χ0n) is 19.3. The first-order valence-electron chi connectivity index (χ1n) is 10.7. The molecule has 0 radical (unpaired) electrons. The van der Waals surface area contributed by atoms with Crippen molar-refractivity contribution in [1.29, 1.82) is 0 Å². The zero-order valence-corrected chi connectivity index (χ0v) is 21.9. The molecule has 0 aromatic carbocycles. The summed E-state index contributed by atoms with van der Waals surface area (Å²) in [5.74, 6) is 0.300. The fraction of sp³-hybridized carbons (Fsp3) is 0.550. The maximum absolute atomic E-state index is 13.4. The molecule has 3 rings (SSSR count). The number of aryl methyl sites for hydroxylation is 1. The standard InChI is InChI=1S/C20H31N5O5S2Si/c1-15-17(23-16-7-8-24(11-16)20(26)27)5-6-19(22-15)32(28,29)25(18-12-31-13-21-18)14-30-9-10-33(2,3)4/h5-6,12-13,16,23H,7-11,14H2,1-4H3,(H,26,27). The van der Waals surface area contributed by atoms with Crippen molar-refractivity contribution in [2.75, 3.05) is 36.0 Å². The van der Waals surface area contributed by atoms with E-state index < -0.39 is 24.2 Å². The number of ether oxygens (including phenoxy) is 1. The fourth-order valence-corrected chi connectivity index (χ4v) is 5.97. The fourth-order valence-electron chi connectivity index (χ4n) is 3.33. The van der Waals surface area contributed by atoms with E-state index >= 15 is 0 Å². The van der Waals surface area contributed by atoms with Gasteiger partial charge in [0, 0.05) is 39.2 Å². The van der Waals surface area contributed by atoms with Gasteiger partial charge in [0.1, 0.15) is 6.73 Å². The van der Waals surface area contributed by atoms with Crippen LogP contribution >= 0.6 is 11.3 Å². The highest BCUT2D eigenvalue weighted by molar-refractivity contribution is 7.92. The second-order valence-electron chi connectivity index (χ2n) is 9.19. The summed E-state index contributed by atoms with van der Waals surface area (Å²) in [7, 11) is -5.29. The van der Waals surface area contributed by atoms with Gasteiger partial charge in [-0.25, -0.2) is 19.1 Å². The molecule has 1 amide bonds. The summed E-state index contributed by atoms with van der Waals surface area (Å²) in [5, 5.41) is 14.0. The van der Waals surface area contributed by atoms with Crippen molar-refractivity contribution < 1.29 is 23.1 Å². The van der Waals surface area contributed by atoms with E-state index in [0.29, 0.717) is 43.3 Å². The van der Waals surface area contributed by atoms with E-state index in [0.717, 1.165) is 10.3 Å². The Hall–Kier alpha value is -2.22. The predicted octanol–water partition coefficient (Wildman–Crippen LogP) is 3.52. The lowest BCUT2D eigenvalue weighted by Gasteiger charge is -2.23. The molecule has 1 unspecified atom stereocenters. The van der Waals surface area contributed by atoms with Crippen molar-refractivity contribution in [2.45, 2.75) is 50.1 Å². The highest BCUT2D eigenvalue weighted by Crippen LogP contribution is 2.25. The molecule has 0 spiro atoms. The molecule has 182 valence electrons. The molecule has 3 heterocycles. The van der Waals surface area contributed by atoms with Gasteiger partial charge in [0.05, 0.1) is 16.9 Å². The summed E-state index contributed by atoms with van der Waals surface area (Å²) in [4.78, 5) is 21.0. The number of nitrogens with one attached hydrogen (secondary N) is 1. The van der Waals surface area contributed by atoms with E-state index in [9.17, 15) is 13.2 Å². The minimum Gasteiger partial charge on any atom is -0.465 e. The van der Waals surface area contributed by atoms with Crippen LogP contribution in [0.1, 0.15) is 12.1 Å². The Morgan fingerprint density at radius 3 is 2.73 bits per heavy atom. The van der Waals surface area contributed by atoms with Crippen LogP contribution in [0.15, 0.2) is 28.0 Å². The molecule has 2 aromatic heterocycles. The van der Waals surface area contributed by atoms with Gasteiger partial charge in [-0.3, -0.25) is 0 Å². The van der Waals surface area contributed by atoms with E-state index in [1.165, 1.54) is 22.3 Å². The van der Waals surface area contributed by atoms with E-state index in [2.05, 4.69) is 34.9 Å². The lowest BCUT2D eigenvalue weighted by molar-refractivity contribution is 0.155. The zero-order chi connectivity index (χ0) is 24.2. The number of likely N-dealkylation sites (tertiary alicyclic amines) is 1. The normalized spacial score (nSPS) is 16.7. The molecule has 0 aliphatic carbocycles. The Kier molecular flexibility index (Phi) is 7.98. The summed E-state index contributed by atoms with van der Waals surface area (Å²) >= 11 is 1.31. The van der Waals surface area contributed by atoms with Gasteiger partial charge in [0.2, 0.25) is 0 Å². The summed E-state index contributed by atoms with van der Waals surface area (Å²) in [6.45, 7) is 9.62. The van der Waals surface area contributed by atoms with Gasteiger partial charge < -0.3 is 20.1 Å². The number of hydrogen-bond donors (Lipinski definition) is 2. The van der Waals surface area contributed by atoms with Crippen molar-refractivity contribution in [3.8, 4) is 0 Å². The van der Waals surface area contributed by atoms with Crippen molar-refractivity contribution in [1.82, 2.24) is 14.9 Å². The number of sulfonamides is 1. The molecule has 2 N–H and O–H groups in total. The minimum atomic E-state index is -3.99. The second-order valence-corrected chi connectivity index (χ2v) is 17.3. The molecule has 1 fully saturated rings. The topological polar surface area (TPSA) is 125 Å². The number of carboxylic acid groups (broad SMARTS) is 1. The van der Waals surface area contributed by atoms with E-state index in [4.69, 9.17) is 9.84 Å². The first-order valence-corrected chi connectivity index (χ1v) is 16.8. The van der Waals surface area contributed by atoms with Gasteiger partial charge in [-0.15, -0.1) is 11.3 Å². The number of rotatable bonds is 10. The number of thiazole rings is 1. The lowest BCUT2D eigenvalue weighted by Crippen LogP contribution is -2.35. The molecule has 1 aliphatic heterocycles. The smallest absolute Gasteiger partial charge is 0.407 e. The summed E-state index contributed by atoms with van der Waals surface area (Å²) in [6.07, 6.45) is -0.261. The van der Waals surface area contributed by atoms with Crippen molar-refractivity contribution in [3.63, 3.8) is 0 Å². The maximum atomic E-state index is 13.4. The Labute approximate surface area is 199 Å². The van der Waals surface area contributed by atoms with Crippen LogP contribution in [0.5, 0.6) is 0 Å². The van der Waals surface area contributed by atoms with Gasteiger partial charge in [-0.05, 0) is 31.5 Å². The predicted molar refractivity (Wildman–Crippen MR) is 131 cm³/mol. The molecular formula is C20H31N5O5S2Si. The molecule has 0 bridgehead atoms. The molecule has 1 atom stereocenters. The highest BCUT2D eigenvalue weighted by atomic mass is 32.2. The third kappa shape index (κ3) is 6.65. The number of aromatic nitrogens is 2. The highest BCUT2D eigenvalue weighted by Gasteiger charge is 2.30. The molecule has 2 aromatic rings. The van der Waals surface area contributed by atoms with Gasteiger partial charge in [-0.2, -0.15) is 8.42 Å². The van der Waals surface area contributed by atoms with Gasteiger partial charge in [-0.1, -0.05) is 19.6 Å². The van der Waals surface area contributed by atoms with Crippen LogP contribution in [0, 0.1) is 6.92 Å². The largest absolute Gasteiger partial charge is 0.465 e. The van der Waals surface area contributed by atoms with E-state index in [1.807, 2.05) is 0 Å². The van der Waals surface area contributed by atoms with Crippen LogP contribution in [0.4, 0.5) is 16.3 Å². The number of nitrogens with zero attached hydrogens (tertiary/aromatic N) is 4. The average Bonchev–Trinajstić information content (AvgIpc) is 3.40. The number of carbonyl (C=O) groups is 1. The van der Waals surface area contributed by atoms with Crippen molar-refractivity contribution in [3.05, 3.63) is 28.7 Å². The average molecular weight is 514 g/mol. The van der Waals surface area contributed by atoms with Crippen LogP contribution < -0.4 is 9.62 Å². The van der Waals surface area contributed by atoms with Crippen LogP contribution in [-0.2, 0) is 14.8 Å². The summed E-state index contributed by atoms with van der Waals surface area (Å²) in [6, 6.07) is 4.01. The minimum absolute atomic E-state index is 0.0460. The van der Waals surface area contributed by atoms with Gasteiger partial charge in [0.15, 0.2) is 10.8 Å². The number of amides is 1. The Balaban J connectivity index is 1.74. The number of pyridine rings is 1. The Morgan fingerprint density at radius 2 is 2.15 bits per heavy atom. The number of hydrogen-bond acceptors (Lipinski definition) is 8. The Morgan fingerprint density at radius 1 is 1.39 bits per heavy atom. The van der Waals surface area contributed by atoms with Crippen LogP contribution in [0.2, 0.25) is 25.7 Å². The summed E-state index contributed by atoms with van der Waals surface area (Å²) in [5.41, 5.74) is 2.77. The molecule has 13 heteroatoms.